The number of aromatic nitrogens is 2. The number of H-pyrrole nitrogens is 1. The second kappa shape index (κ2) is 5.33. The maximum atomic E-state index is 12.5. The summed E-state index contributed by atoms with van der Waals surface area (Å²) in [5.74, 6) is 1.82. The second-order valence-corrected chi connectivity index (χ2v) is 5.36. The number of nitrogens with one attached hydrogen (secondary N) is 2. The quantitative estimate of drug-likeness (QED) is 0.762. The van der Waals surface area contributed by atoms with Gasteiger partial charge in [-0.25, -0.2) is 4.98 Å². The van der Waals surface area contributed by atoms with E-state index in [0.29, 0.717) is 29.5 Å². The van der Waals surface area contributed by atoms with E-state index in [1.165, 1.54) is 12.1 Å². The molecule has 1 aromatic heterocycles. The van der Waals surface area contributed by atoms with Crippen molar-refractivity contribution in [2.24, 2.45) is 0 Å². The molecule has 4 rings (SSSR count). The van der Waals surface area contributed by atoms with E-state index >= 15 is 0 Å². The van der Waals surface area contributed by atoms with Crippen LogP contribution in [0, 0.1) is 0 Å². The lowest BCUT2D eigenvalue weighted by Gasteiger charge is -2.08. The molecule has 0 aliphatic carbocycles. The van der Waals surface area contributed by atoms with Crippen LogP contribution in [0.4, 0.5) is 19.1 Å². The highest BCUT2D eigenvalue weighted by molar-refractivity contribution is 5.81. The number of halogens is 3. The zero-order chi connectivity index (χ0) is 16.7. The molecule has 2 heterocycles. The van der Waals surface area contributed by atoms with Crippen molar-refractivity contribution in [3.05, 3.63) is 47.5 Å². The minimum Gasteiger partial charge on any atom is -0.454 e. The van der Waals surface area contributed by atoms with Crippen molar-refractivity contribution in [3.63, 3.8) is 0 Å². The first-order chi connectivity index (χ1) is 11.5. The number of alkyl halides is 3. The molecule has 0 fully saturated rings. The minimum atomic E-state index is -4.32. The molecule has 1 aliphatic rings. The highest BCUT2D eigenvalue weighted by atomic mass is 19.4. The summed E-state index contributed by atoms with van der Waals surface area (Å²) >= 11 is 0. The van der Waals surface area contributed by atoms with E-state index in [-0.39, 0.29) is 6.79 Å². The fourth-order valence-electron chi connectivity index (χ4n) is 2.48. The molecular formula is C16H12F3N3O2. The van der Waals surface area contributed by atoms with E-state index in [2.05, 4.69) is 15.3 Å². The van der Waals surface area contributed by atoms with Crippen LogP contribution in [0.2, 0.25) is 0 Å². The number of aromatic amines is 1. The third-order valence-electron chi connectivity index (χ3n) is 3.72. The lowest BCUT2D eigenvalue weighted by Crippen LogP contribution is -2.06. The fraction of sp³-hybridized carbons (Fsp3) is 0.188. The van der Waals surface area contributed by atoms with Crippen LogP contribution >= 0.6 is 0 Å². The highest BCUT2D eigenvalue weighted by Gasteiger charge is 2.29. The van der Waals surface area contributed by atoms with Crippen LogP contribution in [0.1, 0.15) is 11.1 Å². The van der Waals surface area contributed by atoms with Crippen molar-refractivity contribution >= 4 is 17.0 Å². The normalized spacial score (nSPS) is 13.5. The first-order valence-corrected chi connectivity index (χ1v) is 7.18. The Balaban J connectivity index is 1.49. The molecule has 124 valence electrons. The lowest BCUT2D eigenvalue weighted by atomic mass is 10.1. The molecule has 0 unspecified atom stereocenters. The molecule has 5 nitrogen and oxygen atoms in total. The SMILES string of the molecule is FC(F)(F)c1ccc(CNc2nc3cc4c(cc3[nH]2)OCO4)cc1. The van der Waals surface area contributed by atoms with Crippen LogP contribution in [-0.4, -0.2) is 16.8 Å². The van der Waals surface area contributed by atoms with E-state index in [0.717, 1.165) is 23.2 Å². The Morgan fingerprint density at radius 1 is 1.08 bits per heavy atom. The van der Waals surface area contributed by atoms with Gasteiger partial charge < -0.3 is 19.8 Å². The van der Waals surface area contributed by atoms with Crippen LogP contribution in [0.5, 0.6) is 11.5 Å². The molecule has 2 N–H and O–H groups in total. The first-order valence-electron chi connectivity index (χ1n) is 7.18. The Hall–Kier alpha value is -2.90. The number of nitrogens with zero attached hydrogens (tertiary/aromatic N) is 1. The van der Waals surface area contributed by atoms with Crippen LogP contribution in [0.25, 0.3) is 11.0 Å². The number of rotatable bonds is 3. The molecule has 0 radical (unpaired) electrons. The summed E-state index contributed by atoms with van der Waals surface area (Å²) < 4.78 is 48.2. The monoisotopic (exact) mass is 335 g/mol. The number of benzene rings is 2. The molecule has 1 aliphatic heterocycles. The number of anilines is 1. The van der Waals surface area contributed by atoms with E-state index in [1.807, 2.05) is 0 Å². The smallest absolute Gasteiger partial charge is 0.416 e. The predicted octanol–water partition coefficient (Wildman–Crippen LogP) is 3.92. The van der Waals surface area contributed by atoms with Gasteiger partial charge in [-0.3, -0.25) is 0 Å². The summed E-state index contributed by atoms with van der Waals surface area (Å²) in [5, 5.41) is 3.05. The average molecular weight is 335 g/mol. The summed E-state index contributed by atoms with van der Waals surface area (Å²) in [4.78, 5) is 7.47. The zero-order valence-corrected chi connectivity index (χ0v) is 12.3. The van der Waals surface area contributed by atoms with Crippen molar-refractivity contribution in [3.8, 4) is 11.5 Å². The van der Waals surface area contributed by atoms with Crippen molar-refractivity contribution in [1.82, 2.24) is 9.97 Å². The third kappa shape index (κ3) is 2.70. The molecule has 0 bridgehead atoms. The zero-order valence-electron chi connectivity index (χ0n) is 12.3. The molecule has 24 heavy (non-hydrogen) atoms. The third-order valence-corrected chi connectivity index (χ3v) is 3.72. The topological polar surface area (TPSA) is 59.2 Å². The molecular weight excluding hydrogens is 323 g/mol. The van der Waals surface area contributed by atoms with Gasteiger partial charge in [0.25, 0.3) is 0 Å². The lowest BCUT2D eigenvalue weighted by molar-refractivity contribution is -0.137. The van der Waals surface area contributed by atoms with Gasteiger partial charge in [-0.1, -0.05) is 12.1 Å². The van der Waals surface area contributed by atoms with Gasteiger partial charge in [0, 0.05) is 18.7 Å². The van der Waals surface area contributed by atoms with E-state index in [1.54, 1.807) is 12.1 Å². The Labute approximate surface area is 134 Å². The van der Waals surface area contributed by atoms with Gasteiger partial charge in [-0.15, -0.1) is 0 Å². The number of hydrogen-bond acceptors (Lipinski definition) is 4. The van der Waals surface area contributed by atoms with E-state index in [4.69, 9.17) is 9.47 Å². The highest BCUT2D eigenvalue weighted by Crippen LogP contribution is 2.35. The summed E-state index contributed by atoms with van der Waals surface area (Å²) in [5.41, 5.74) is 1.56. The Kier molecular flexibility index (Phi) is 3.26. The van der Waals surface area contributed by atoms with Gasteiger partial charge in [0.2, 0.25) is 12.7 Å². The largest absolute Gasteiger partial charge is 0.454 e. The minimum absolute atomic E-state index is 0.195. The van der Waals surface area contributed by atoms with Crippen LogP contribution in [0.3, 0.4) is 0 Å². The maximum Gasteiger partial charge on any atom is 0.416 e. The average Bonchev–Trinajstić information content (AvgIpc) is 3.15. The standard InChI is InChI=1S/C16H12F3N3O2/c17-16(18,19)10-3-1-9(2-4-10)7-20-15-21-11-5-13-14(24-8-23-13)6-12(11)22-15/h1-6H,7-8H2,(H2,20,21,22). The van der Waals surface area contributed by atoms with Gasteiger partial charge in [0.1, 0.15) is 0 Å². The van der Waals surface area contributed by atoms with Crippen LogP contribution < -0.4 is 14.8 Å². The van der Waals surface area contributed by atoms with Gasteiger partial charge >= 0.3 is 6.18 Å². The second-order valence-electron chi connectivity index (χ2n) is 5.36. The fourth-order valence-corrected chi connectivity index (χ4v) is 2.48. The predicted molar refractivity (Wildman–Crippen MR) is 81.0 cm³/mol. The molecule has 0 saturated carbocycles. The first kappa shape index (κ1) is 14.7. The van der Waals surface area contributed by atoms with Crippen molar-refractivity contribution in [1.29, 1.82) is 0 Å². The molecule has 8 heteroatoms. The molecule has 0 spiro atoms. The number of imidazole rings is 1. The van der Waals surface area contributed by atoms with Crippen molar-refractivity contribution in [2.75, 3.05) is 12.1 Å². The maximum absolute atomic E-state index is 12.5. The number of hydrogen-bond donors (Lipinski definition) is 2. The Morgan fingerprint density at radius 2 is 1.79 bits per heavy atom. The van der Waals surface area contributed by atoms with E-state index < -0.39 is 11.7 Å². The molecule has 2 aromatic carbocycles. The van der Waals surface area contributed by atoms with Crippen LogP contribution in [-0.2, 0) is 12.7 Å². The van der Waals surface area contributed by atoms with Crippen molar-refractivity contribution in [2.45, 2.75) is 12.7 Å². The summed E-state index contributed by atoms with van der Waals surface area (Å²) in [6.07, 6.45) is -4.32. The number of fused-ring (bicyclic) bond motifs is 2. The molecule has 0 saturated heterocycles. The molecule has 0 atom stereocenters. The van der Waals surface area contributed by atoms with Gasteiger partial charge in [-0.2, -0.15) is 13.2 Å². The van der Waals surface area contributed by atoms with E-state index in [9.17, 15) is 13.2 Å². The van der Waals surface area contributed by atoms with Gasteiger partial charge in [-0.05, 0) is 17.7 Å². The summed E-state index contributed by atoms with van der Waals surface area (Å²) in [6.45, 7) is 0.547. The van der Waals surface area contributed by atoms with Gasteiger partial charge in [0.05, 0.1) is 16.6 Å². The Morgan fingerprint density at radius 3 is 2.50 bits per heavy atom. The number of ether oxygens (including phenoxy) is 2. The van der Waals surface area contributed by atoms with Crippen molar-refractivity contribution < 1.29 is 22.6 Å². The summed E-state index contributed by atoms with van der Waals surface area (Å²) in [7, 11) is 0. The van der Waals surface area contributed by atoms with Gasteiger partial charge in [0.15, 0.2) is 11.5 Å². The molecule has 0 amide bonds. The Bertz CT molecular complexity index is 847. The summed E-state index contributed by atoms with van der Waals surface area (Å²) in [6, 6.07) is 8.58. The van der Waals surface area contributed by atoms with Crippen LogP contribution in [0.15, 0.2) is 36.4 Å². The molecule has 3 aromatic rings.